The first-order valence-corrected chi connectivity index (χ1v) is 10.2. The highest BCUT2D eigenvalue weighted by atomic mass is 15.1. The molecule has 5 rings (SSSR count). The summed E-state index contributed by atoms with van der Waals surface area (Å²) in [6.07, 6.45) is 5.11. The number of benzene rings is 4. The Morgan fingerprint density at radius 1 is 0.767 bits per heavy atom. The molecule has 0 saturated heterocycles. The van der Waals surface area contributed by atoms with E-state index >= 15 is 0 Å². The number of nitrogens with two attached hydrogens (primary N) is 1. The largest absolute Gasteiger partial charge is 0.370 e. The third-order valence-corrected chi connectivity index (χ3v) is 5.56. The second-order valence-electron chi connectivity index (χ2n) is 7.56. The van der Waals surface area contributed by atoms with Crippen LogP contribution >= 0.6 is 0 Å². The van der Waals surface area contributed by atoms with Gasteiger partial charge in [0.25, 0.3) is 0 Å². The summed E-state index contributed by atoms with van der Waals surface area (Å²) in [7, 11) is 0. The lowest BCUT2D eigenvalue weighted by Gasteiger charge is -2.16. The monoisotopic (exact) mass is 389 g/mol. The van der Waals surface area contributed by atoms with Crippen molar-refractivity contribution in [1.82, 2.24) is 0 Å². The molecule has 1 unspecified atom stereocenters. The van der Waals surface area contributed by atoms with Gasteiger partial charge in [0.1, 0.15) is 0 Å². The van der Waals surface area contributed by atoms with Crippen LogP contribution in [-0.2, 0) is 6.42 Å². The molecule has 0 bridgehead atoms. The summed E-state index contributed by atoms with van der Waals surface area (Å²) in [5, 5.41) is 5.78. The van der Waals surface area contributed by atoms with Gasteiger partial charge in [-0.15, -0.1) is 0 Å². The quantitative estimate of drug-likeness (QED) is 0.285. The van der Waals surface area contributed by atoms with E-state index in [1.807, 2.05) is 24.3 Å². The molecule has 0 fully saturated rings. The second kappa shape index (κ2) is 7.88. The molecule has 0 radical (unpaired) electrons. The van der Waals surface area contributed by atoms with Crippen molar-refractivity contribution < 1.29 is 0 Å². The fourth-order valence-corrected chi connectivity index (χ4v) is 4.12. The van der Waals surface area contributed by atoms with Gasteiger partial charge in [-0.1, -0.05) is 97.1 Å². The normalized spacial score (nSPS) is 13.5. The summed E-state index contributed by atoms with van der Waals surface area (Å²) in [5.74, 6) is 0.423. The van der Waals surface area contributed by atoms with E-state index in [2.05, 4.69) is 84.2 Å². The average Bonchev–Trinajstić information content (AvgIpc) is 3.21. The fourth-order valence-electron chi connectivity index (χ4n) is 4.12. The van der Waals surface area contributed by atoms with Crippen LogP contribution < -0.4 is 11.1 Å². The minimum Gasteiger partial charge on any atom is -0.370 e. The van der Waals surface area contributed by atoms with E-state index in [0.717, 1.165) is 23.1 Å². The molecule has 3 nitrogen and oxygen atoms in total. The molecule has 0 amide bonds. The molecule has 1 aliphatic carbocycles. The maximum atomic E-state index is 6.40. The molecule has 1 aliphatic rings. The summed E-state index contributed by atoms with van der Waals surface area (Å²) in [6.45, 7) is 0. The van der Waals surface area contributed by atoms with Crippen LogP contribution in [0.1, 0.15) is 28.3 Å². The number of anilines is 1. The van der Waals surface area contributed by atoms with Gasteiger partial charge in [0.2, 0.25) is 0 Å². The number of hydrogen-bond donors (Lipinski definition) is 2. The highest BCUT2D eigenvalue weighted by Crippen LogP contribution is 2.35. The molecule has 4 aromatic carbocycles. The lowest BCUT2D eigenvalue weighted by Crippen LogP contribution is -2.24. The van der Waals surface area contributed by atoms with Crippen LogP contribution in [0.25, 0.3) is 22.9 Å². The van der Waals surface area contributed by atoms with Crippen LogP contribution in [0.15, 0.2) is 96.0 Å². The highest BCUT2D eigenvalue weighted by molar-refractivity contribution is 6.11. The van der Waals surface area contributed by atoms with E-state index in [4.69, 9.17) is 10.7 Å². The van der Waals surface area contributed by atoms with Gasteiger partial charge in [-0.25, -0.2) is 4.99 Å². The van der Waals surface area contributed by atoms with Crippen molar-refractivity contribution in [1.29, 1.82) is 0 Å². The minimum atomic E-state index is -0.0560. The van der Waals surface area contributed by atoms with Crippen molar-refractivity contribution in [3.05, 3.63) is 113 Å². The fraction of sp³-hybridized carbons (Fsp3) is 0.0741. The van der Waals surface area contributed by atoms with Gasteiger partial charge >= 0.3 is 0 Å². The Kier molecular flexibility index (Phi) is 4.78. The Morgan fingerprint density at radius 2 is 1.47 bits per heavy atom. The highest BCUT2D eigenvalue weighted by Gasteiger charge is 2.14. The standard InChI is InChI=1S/C27H23N3/c28-27(29-24-17-16-22-15-14-21-12-7-13-23(24)26(21)22)30-25(20-10-5-2-6-11-20)18-19-8-3-1-4-9-19/h1-17,25H,18H2,(H3,28,29,30). The molecule has 0 aromatic heterocycles. The summed E-state index contributed by atoms with van der Waals surface area (Å²) >= 11 is 0. The van der Waals surface area contributed by atoms with Crippen molar-refractivity contribution in [2.45, 2.75) is 12.5 Å². The molecule has 4 aromatic rings. The van der Waals surface area contributed by atoms with E-state index in [-0.39, 0.29) is 6.04 Å². The Morgan fingerprint density at radius 3 is 2.23 bits per heavy atom. The zero-order chi connectivity index (χ0) is 20.3. The zero-order valence-corrected chi connectivity index (χ0v) is 16.6. The number of hydrogen-bond acceptors (Lipinski definition) is 1. The predicted molar refractivity (Wildman–Crippen MR) is 127 cm³/mol. The van der Waals surface area contributed by atoms with Crippen LogP contribution in [0.3, 0.4) is 0 Å². The topological polar surface area (TPSA) is 50.4 Å². The van der Waals surface area contributed by atoms with E-state index in [1.54, 1.807) is 0 Å². The van der Waals surface area contributed by atoms with Crippen LogP contribution in [0.5, 0.6) is 0 Å². The van der Waals surface area contributed by atoms with Gasteiger partial charge < -0.3 is 11.1 Å². The SMILES string of the molecule is NC(=NC(Cc1ccccc1)c1ccccc1)Nc1ccc2c3c(cccc13)C=C2. The van der Waals surface area contributed by atoms with E-state index in [9.17, 15) is 0 Å². The van der Waals surface area contributed by atoms with Crippen LogP contribution in [-0.4, -0.2) is 5.96 Å². The Balaban J connectivity index is 1.47. The number of nitrogens with one attached hydrogen (secondary N) is 1. The molecule has 30 heavy (non-hydrogen) atoms. The molecule has 0 spiro atoms. The van der Waals surface area contributed by atoms with Gasteiger partial charge in [-0.05, 0) is 40.1 Å². The van der Waals surface area contributed by atoms with Crippen molar-refractivity contribution >= 4 is 34.6 Å². The minimum absolute atomic E-state index is 0.0560. The van der Waals surface area contributed by atoms with Crippen molar-refractivity contribution in [2.75, 3.05) is 5.32 Å². The molecular formula is C27H23N3. The molecule has 0 aliphatic heterocycles. The van der Waals surface area contributed by atoms with Gasteiger partial charge in [-0.2, -0.15) is 0 Å². The maximum Gasteiger partial charge on any atom is 0.193 e. The zero-order valence-electron chi connectivity index (χ0n) is 16.6. The maximum absolute atomic E-state index is 6.40. The first kappa shape index (κ1) is 18.2. The van der Waals surface area contributed by atoms with E-state index < -0.39 is 0 Å². The third kappa shape index (κ3) is 3.58. The van der Waals surface area contributed by atoms with Crippen LogP contribution in [0.2, 0.25) is 0 Å². The smallest absolute Gasteiger partial charge is 0.193 e. The molecular weight excluding hydrogens is 366 g/mol. The molecule has 3 heteroatoms. The van der Waals surface area contributed by atoms with Crippen molar-refractivity contribution in [2.24, 2.45) is 10.7 Å². The summed E-state index contributed by atoms with van der Waals surface area (Å²) in [4.78, 5) is 4.87. The molecule has 1 atom stereocenters. The van der Waals surface area contributed by atoms with Crippen molar-refractivity contribution in [3.8, 4) is 0 Å². The second-order valence-corrected chi connectivity index (χ2v) is 7.56. The summed E-state index contributed by atoms with van der Waals surface area (Å²) in [6, 6.07) is 31.2. The number of aliphatic imine (C=N–C) groups is 1. The molecule has 3 N–H and O–H groups in total. The molecule has 0 saturated carbocycles. The summed E-state index contributed by atoms with van der Waals surface area (Å²) in [5.41, 5.74) is 12.3. The first-order valence-electron chi connectivity index (χ1n) is 10.2. The van der Waals surface area contributed by atoms with E-state index in [1.165, 1.54) is 22.1 Å². The van der Waals surface area contributed by atoms with Crippen LogP contribution in [0.4, 0.5) is 5.69 Å². The number of guanidine groups is 1. The first-order chi connectivity index (χ1) is 14.8. The van der Waals surface area contributed by atoms with Gasteiger partial charge in [-0.3, -0.25) is 0 Å². The summed E-state index contributed by atoms with van der Waals surface area (Å²) < 4.78 is 0. The van der Waals surface area contributed by atoms with Gasteiger partial charge in [0.15, 0.2) is 5.96 Å². The number of rotatable bonds is 5. The van der Waals surface area contributed by atoms with E-state index in [0.29, 0.717) is 5.96 Å². The predicted octanol–water partition coefficient (Wildman–Crippen LogP) is 6.03. The molecule has 146 valence electrons. The Labute approximate surface area is 176 Å². The Bertz CT molecular complexity index is 1230. The Hall–Kier alpha value is -3.85. The van der Waals surface area contributed by atoms with Crippen LogP contribution in [0, 0.1) is 0 Å². The molecule has 0 heterocycles. The lowest BCUT2D eigenvalue weighted by atomic mass is 9.99. The number of nitrogens with zero attached hydrogens (tertiary/aromatic N) is 1. The third-order valence-electron chi connectivity index (χ3n) is 5.56. The van der Waals surface area contributed by atoms with Gasteiger partial charge in [0, 0.05) is 11.1 Å². The average molecular weight is 390 g/mol. The van der Waals surface area contributed by atoms with Crippen molar-refractivity contribution in [3.63, 3.8) is 0 Å². The van der Waals surface area contributed by atoms with Gasteiger partial charge in [0.05, 0.1) is 6.04 Å². The lowest BCUT2D eigenvalue weighted by molar-refractivity contribution is 0.723.